The maximum Gasteiger partial charge on any atom is 0.303 e. The Morgan fingerprint density at radius 2 is 1.14 bits per heavy atom. The summed E-state index contributed by atoms with van der Waals surface area (Å²) in [6.45, 7) is 14.3. The van der Waals surface area contributed by atoms with Crippen LogP contribution in [0.5, 0.6) is 5.75 Å². The summed E-state index contributed by atoms with van der Waals surface area (Å²) < 4.78 is 6.12. The molecule has 0 saturated carbocycles. The van der Waals surface area contributed by atoms with Crippen LogP contribution >= 0.6 is 0 Å². The van der Waals surface area contributed by atoms with Crippen LogP contribution in [0.1, 0.15) is 117 Å². The highest BCUT2D eigenvalue weighted by molar-refractivity contribution is 5.66. The van der Waals surface area contributed by atoms with Crippen LogP contribution in [0.4, 0.5) is 0 Å². The first-order valence-electron chi connectivity index (χ1n) is 11.5. The van der Waals surface area contributed by atoms with Gasteiger partial charge in [0.1, 0.15) is 5.75 Å². The van der Waals surface area contributed by atoms with E-state index in [1.54, 1.807) is 0 Å². The Morgan fingerprint density at radius 3 is 1.55 bits per heavy atom. The number of unbranched alkanes of at least 4 members (excludes halogenated alkanes) is 8. The van der Waals surface area contributed by atoms with E-state index in [4.69, 9.17) is 9.84 Å². The van der Waals surface area contributed by atoms with Crippen LogP contribution in [0.25, 0.3) is 0 Å². The fraction of sp³-hybridized carbons (Fsp3) is 0.731. The first kappa shape index (κ1) is 25.5. The van der Waals surface area contributed by atoms with Crippen molar-refractivity contribution >= 4 is 5.97 Å². The van der Waals surface area contributed by atoms with Crippen molar-refractivity contribution in [1.29, 1.82) is 0 Å². The molecule has 0 aliphatic heterocycles. The lowest BCUT2D eigenvalue weighted by molar-refractivity contribution is -0.137. The molecular weight excluding hydrogens is 360 g/mol. The smallest absolute Gasteiger partial charge is 0.303 e. The Labute approximate surface area is 179 Å². The molecule has 3 heteroatoms. The van der Waals surface area contributed by atoms with E-state index in [1.807, 2.05) is 0 Å². The van der Waals surface area contributed by atoms with Crippen molar-refractivity contribution in [2.75, 3.05) is 6.61 Å². The van der Waals surface area contributed by atoms with E-state index in [0.717, 1.165) is 38.0 Å². The molecule has 0 saturated heterocycles. The van der Waals surface area contributed by atoms with Gasteiger partial charge in [-0.15, -0.1) is 0 Å². The number of carboxylic acid groups (broad SMARTS) is 1. The monoisotopic (exact) mass is 404 g/mol. The SMILES string of the molecule is CC(C)(C)c1cc(OCCCCCCCCCCCC(=O)O)cc(C(C)(C)C)c1. The van der Waals surface area contributed by atoms with Crippen molar-refractivity contribution in [1.82, 2.24) is 0 Å². The topological polar surface area (TPSA) is 46.5 Å². The fourth-order valence-electron chi connectivity index (χ4n) is 3.35. The van der Waals surface area contributed by atoms with Crippen molar-refractivity contribution in [3.05, 3.63) is 29.3 Å². The van der Waals surface area contributed by atoms with Crippen LogP contribution in [0, 0.1) is 0 Å². The lowest BCUT2D eigenvalue weighted by Crippen LogP contribution is -2.16. The molecule has 0 bridgehead atoms. The molecule has 166 valence electrons. The number of carbonyl (C=O) groups is 1. The summed E-state index contributed by atoms with van der Waals surface area (Å²) in [6.07, 6.45) is 10.7. The Hall–Kier alpha value is -1.51. The van der Waals surface area contributed by atoms with Gasteiger partial charge in [0.25, 0.3) is 0 Å². The molecule has 0 atom stereocenters. The average Bonchev–Trinajstić information content (AvgIpc) is 2.60. The Kier molecular flexibility index (Phi) is 10.8. The zero-order valence-electron chi connectivity index (χ0n) is 19.8. The summed E-state index contributed by atoms with van der Waals surface area (Å²) in [7, 11) is 0. The second kappa shape index (κ2) is 12.2. The molecule has 0 aromatic heterocycles. The number of hydrogen-bond acceptors (Lipinski definition) is 2. The van der Waals surface area contributed by atoms with Gasteiger partial charge >= 0.3 is 5.97 Å². The van der Waals surface area contributed by atoms with Crippen molar-refractivity contribution in [3.63, 3.8) is 0 Å². The summed E-state index contributed by atoms with van der Waals surface area (Å²) in [4.78, 5) is 10.5. The number of rotatable bonds is 13. The second-order valence-electron chi connectivity index (χ2n) is 10.4. The number of aliphatic carboxylic acids is 1. The molecule has 0 aliphatic carbocycles. The number of hydrogen-bond donors (Lipinski definition) is 1. The Bertz CT molecular complexity index is 573. The third kappa shape index (κ3) is 11.3. The van der Waals surface area contributed by atoms with Crippen molar-refractivity contribution in [3.8, 4) is 5.75 Å². The van der Waals surface area contributed by atoms with Crippen LogP contribution in [0.15, 0.2) is 18.2 Å². The van der Waals surface area contributed by atoms with Gasteiger partial charge in [0.05, 0.1) is 6.61 Å². The molecule has 1 aromatic rings. The van der Waals surface area contributed by atoms with Gasteiger partial charge in [0.2, 0.25) is 0 Å². The maximum atomic E-state index is 10.5. The number of benzene rings is 1. The van der Waals surface area contributed by atoms with Gasteiger partial charge in [-0.2, -0.15) is 0 Å². The largest absolute Gasteiger partial charge is 0.494 e. The Morgan fingerprint density at radius 1 is 0.724 bits per heavy atom. The third-order valence-corrected chi connectivity index (χ3v) is 5.44. The molecule has 1 rings (SSSR count). The first-order valence-corrected chi connectivity index (χ1v) is 11.5. The molecular formula is C26H44O3. The predicted molar refractivity (Wildman–Crippen MR) is 123 cm³/mol. The molecule has 1 aromatic carbocycles. The normalized spacial score (nSPS) is 12.2. The van der Waals surface area contributed by atoms with Crippen LogP contribution in [-0.4, -0.2) is 17.7 Å². The van der Waals surface area contributed by atoms with Crippen LogP contribution < -0.4 is 4.74 Å². The lowest BCUT2D eigenvalue weighted by Gasteiger charge is -2.26. The molecule has 0 heterocycles. The number of ether oxygens (including phenoxy) is 1. The van der Waals surface area contributed by atoms with Crippen molar-refractivity contribution in [2.45, 2.75) is 117 Å². The van der Waals surface area contributed by atoms with Gasteiger partial charge in [-0.25, -0.2) is 0 Å². The molecule has 0 amide bonds. The zero-order valence-corrected chi connectivity index (χ0v) is 19.8. The minimum absolute atomic E-state index is 0.118. The van der Waals surface area contributed by atoms with E-state index in [-0.39, 0.29) is 10.8 Å². The van der Waals surface area contributed by atoms with Gasteiger partial charge in [-0.1, -0.05) is 92.6 Å². The van der Waals surface area contributed by atoms with Gasteiger partial charge < -0.3 is 9.84 Å². The summed E-state index contributed by atoms with van der Waals surface area (Å²) in [5.74, 6) is 0.329. The van der Waals surface area contributed by atoms with E-state index < -0.39 is 5.97 Å². The maximum absolute atomic E-state index is 10.5. The van der Waals surface area contributed by atoms with E-state index in [1.165, 1.54) is 43.2 Å². The van der Waals surface area contributed by atoms with Crippen LogP contribution in [0.2, 0.25) is 0 Å². The van der Waals surface area contributed by atoms with Crippen LogP contribution in [-0.2, 0) is 15.6 Å². The summed E-state index contributed by atoms with van der Waals surface area (Å²) in [6, 6.07) is 6.74. The standard InChI is InChI=1S/C26H44O3/c1-25(2,3)21-18-22(26(4,5)6)20-23(19-21)29-17-15-13-11-9-7-8-10-12-14-16-24(27)28/h18-20H,7-17H2,1-6H3,(H,27,28). The Balaban J connectivity index is 2.27. The van der Waals surface area contributed by atoms with E-state index in [0.29, 0.717) is 6.42 Å². The molecule has 29 heavy (non-hydrogen) atoms. The molecule has 1 N–H and O–H groups in total. The van der Waals surface area contributed by atoms with Gasteiger partial charge in [0.15, 0.2) is 0 Å². The second-order valence-corrected chi connectivity index (χ2v) is 10.4. The quantitative estimate of drug-likeness (QED) is 0.343. The van der Waals surface area contributed by atoms with E-state index in [9.17, 15) is 4.79 Å². The minimum Gasteiger partial charge on any atom is -0.494 e. The summed E-state index contributed by atoms with van der Waals surface area (Å²) in [5, 5.41) is 8.62. The highest BCUT2D eigenvalue weighted by Gasteiger charge is 2.20. The van der Waals surface area contributed by atoms with Gasteiger partial charge in [-0.05, 0) is 46.9 Å². The molecule has 3 nitrogen and oxygen atoms in total. The highest BCUT2D eigenvalue weighted by Crippen LogP contribution is 2.33. The third-order valence-electron chi connectivity index (χ3n) is 5.44. The van der Waals surface area contributed by atoms with Crippen molar-refractivity contribution in [2.24, 2.45) is 0 Å². The highest BCUT2D eigenvalue weighted by atomic mass is 16.5. The number of carboxylic acids is 1. The summed E-state index contributed by atoms with van der Waals surface area (Å²) >= 11 is 0. The average molecular weight is 405 g/mol. The van der Waals surface area contributed by atoms with Gasteiger partial charge in [0, 0.05) is 6.42 Å². The summed E-state index contributed by atoms with van der Waals surface area (Å²) in [5.41, 5.74) is 2.91. The first-order chi connectivity index (χ1) is 13.5. The zero-order chi connectivity index (χ0) is 21.9. The van der Waals surface area contributed by atoms with E-state index in [2.05, 4.69) is 59.7 Å². The van der Waals surface area contributed by atoms with Gasteiger partial charge in [-0.3, -0.25) is 4.79 Å². The lowest BCUT2D eigenvalue weighted by atomic mass is 9.80. The van der Waals surface area contributed by atoms with Crippen LogP contribution in [0.3, 0.4) is 0 Å². The molecule has 0 spiro atoms. The van der Waals surface area contributed by atoms with E-state index >= 15 is 0 Å². The molecule has 0 radical (unpaired) electrons. The molecule has 0 fully saturated rings. The molecule has 0 unspecified atom stereocenters. The predicted octanol–water partition coefficient (Wildman–Crippen LogP) is 7.65. The minimum atomic E-state index is -0.674. The molecule has 0 aliphatic rings. The van der Waals surface area contributed by atoms with Crippen molar-refractivity contribution < 1.29 is 14.6 Å². The fourth-order valence-corrected chi connectivity index (χ4v) is 3.35.